The maximum absolute atomic E-state index is 12.3. The summed E-state index contributed by atoms with van der Waals surface area (Å²) in [4.78, 5) is 15.9. The summed E-state index contributed by atoms with van der Waals surface area (Å²) in [5.74, 6) is 0.0180. The van der Waals surface area contributed by atoms with Gasteiger partial charge in [-0.15, -0.1) is 11.3 Å². The molecule has 0 saturated heterocycles. The lowest BCUT2D eigenvalue weighted by Gasteiger charge is -2.16. The molecular weight excluding hydrogens is 244 g/mol. The number of nitrogens with two attached hydrogens (primary N) is 1. The first kappa shape index (κ1) is 12.6. The van der Waals surface area contributed by atoms with Gasteiger partial charge in [-0.25, -0.2) is 0 Å². The summed E-state index contributed by atoms with van der Waals surface area (Å²) in [6.07, 6.45) is 0.962. The summed E-state index contributed by atoms with van der Waals surface area (Å²) in [6.45, 7) is 2.09. The third-order valence-electron chi connectivity index (χ3n) is 2.81. The number of rotatable bonds is 3. The Balaban J connectivity index is 2.20. The van der Waals surface area contributed by atoms with Crippen molar-refractivity contribution in [3.63, 3.8) is 0 Å². The number of amides is 1. The molecule has 3 nitrogen and oxygen atoms in total. The minimum Gasteiger partial charge on any atom is -0.399 e. The van der Waals surface area contributed by atoms with Crippen LogP contribution in [0.5, 0.6) is 0 Å². The van der Waals surface area contributed by atoms with E-state index in [4.69, 9.17) is 5.73 Å². The molecule has 1 aromatic carbocycles. The fraction of sp³-hybridized carbons (Fsp3) is 0.214. The molecule has 0 fully saturated rings. The van der Waals surface area contributed by atoms with Crippen molar-refractivity contribution < 1.29 is 4.79 Å². The van der Waals surface area contributed by atoms with Gasteiger partial charge < -0.3 is 10.6 Å². The fourth-order valence-corrected chi connectivity index (χ4v) is 2.59. The highest BCUT2D eigenvalue weighted by atomic mass is 32.1. The molecule has 0 unspecified atom stereocenters. The number of thiophene rings is 1. The van der Waals surface area contributed by atoms with Crippen molar-refractivity contribution in [2.75, 3.05) is 17.7 Å². The second kappa shape index (κ2) is 5.23. The smallest absolute Gasteiger partial charge is 0.268 e. The molecule has 94 valence electrons. The molecule has 0 aliphatic heterocycles. The largest absolute Gasteiger partial charge is 0.399 e. The molecule has 2 rings (SSSR count). The van der Waals surface area contributed by atoms with Crippen LogP contribution in [0.15, 0.2) is 36.4 Å². The van der Waals surface area contributed by atoms with Crippen molar-refractivity contribution in [2.24, 2.45) is 0 Å². The average Bonchev–Trinajstić information content (AvgIpc) is 2.86. The summed E-state index contributed by atoms with van der Waals surface area (Å²) in [5, 5.41) is 0. The summed E-state index contributed by atoms with van der Waals surface area (Å²) >= 11 is 1.55. The molecule has 0 saturated carbocycles. The Morgan fingerprint density at radius 1 is 1.22 bits per heavy atom. The van der Waals surface area contributed by atoms with Gasteiger partial charge in [0, 0.05) is 23.3 Å². The van der Waals surface area contributed by atoms with Gasteiger partial charge in [0.15, 0.2) is 0 Å². The van der Waals surface area contributed by atoms with E-state index >= 15 is 0 Å². The van der Waals surface area contributed by atoms with E-state index in [9.17, 15) is 4.79 Å². The van der Waals surface area contributed by atoms with E-state index in [0.717, 1.165) is 17.0 Å². The van der Waals surface area contributed by atoms with Crippen molar-refractivity contribution >= 4 is 28.6 Å². The molecule has 0 aliphatic rings. The zero-order chi connectivity index (χ0) is 13.1. The second-order valence-corrected chi connectivity index (χ2v) is 5.24. The Morgan fingerprint density at radius 2 is 1.89 bits per heavy atom. The number of carbonyl (C=O) groups is 1. The maximum atomic E-state index is 12.3. The molecule has 1 amide bonds. The van der Waals surface area contributed by atoms with Gasteiger partial charge in [-0.2, -0.15) is 0 Å². The molecule has 2 aromatic rings. The summed E-state index contributed by atoms with van der Waals surface area (Å²) < 4.78 is 0. The SMILES string of the molecule is CCc1ccc(C(=O)N(C)c2ccc(N)cc2)s1. The molecule has 1 aromatic heterocycles. The van der Waals surface area contributed by atoms with E-state index in [0.29, 0.717) is 5.69 Å². The van der Waals surface area contributed by atoms with Gasteiger partial charge in [-0.1, -0.05) is 6.92 Å². The molecule has 0 spiro atoms. The van der Waals surface area contributed by atoms with E-state index in [2.05, 4.69) is 6.92 Å². The maximum Gasteiger partial charge on any atom is 0.268 e. The normalized spacial score (nSPS) is 10.3. The number of benzene rings is 1. The number of anilines is 2. The number of carbonyl (C=O) groups excluding carboxylic acids is 1. The lowest BCUT2D eigenvalue weighted by molar-refractivity contribution is 0.0997. The topological polar surface area (TPSA) is 46.3 Å². The van der Waals surface area contributed by atoms with Gasteiger partial charge in [0.05, 0.1) is 4.88 Å². The van der Waals surface area contributed by atoms with E-state index in [1.807, 2.05) is 24.3 Å². The first-order valence-electron chi connectivity index (χ1n) is 5.84. The Hall–Kier alpha value is -1.81. The van der Waals surface area contributed by atoms with E-state index < -0.39 is 0 Å². The monoisotopic (exact) mass is 260 g/mol. The van der Waals surface area contributed by atoms with E-state index in [-0.39, 0.29) is 5.91 Å². The number of nitrogen functional groups attached to an aromatic ring is 1. The minimum absolute atomic E-state index is 0.0180. The van der Waals surface area contributed by atoms with Crippen molar-refractivity contribution in [3.05, 3.63) is 46.2 Å². The molecule has 1 heterocycles. The van der Waals surface area contributed by atoms with Gasteiger partial charge in [0.2, 0.25) is 0 Å². The summed E-state index contributed by atoms with van der Waals surface area (Å²) in [7, 11) is 1.78. The predicted octanol–water partition coefficient (Wildman–Crippen LogP) is 3.17. The molecule has 0 radical (unpaired) electrons. The lowest BCUT2D eigenvalue weighted by Crippen LogP contribution is -2.25. The number of hydrogen-bond acceptors (Lipinski definition) is 3. The summed E-state index contributed by atoms with van der Waals surface area (Å²) in [6, 6.07) is 11.2. The molecule has 0 aliphatic carbocycles. The second-order valence-electron chi connectivity index (χ2n) is 4.08. The van der Waals surface area contributed by atoms with Crippen LogP contribution in [0.4, 0.5) is 11.4 Å². The third kappa shape index (κ3) is 2.54. The molecule has 0 atom stereocenters. The Bertz CT molecular complexity index is 545. The standard InChI is InChI=1S/C14H16N2OS/c1-3-12-8-9-13(18-12)14(17)16(2)11-6-4-10(15)5-7-11/h4-9H,3,15H2,1-2H3. The van der Waals surface area contributed by atoms with E-state index in [1.165, 1.54) is 4.88 Å². The van der Waals surface area contributed by atoms with Crippen LogP contribution in [0.2, 0.25) is 0 Å². The quantitative estimate of drug-likeness (QED) is 0.862. The zero-order valence-corrected chi connectivity index (χ0v) is 11.3. The highest BCUT2D eigenvalue weighted by Gasteiger charge is 2.15. The highest BCUT2D eigenvalue weighted by molar-refractivity contribution is 7.14. The fourth-order valence-electron chi connectivity index (χ4n) is 1.66. The van der Waals surface area contributed by atoms with Crippen molar-refractivity contribution in [3.8, 4) is 0 Å². The first-order chi connectivity index (χ1) is 8.61. The van der Waals surface area contributed by atoms with Crippen LogP contribution in [0.25, 0.3) is 0 Å². The van der Waals surface area contributed by atoms with Gasteiger partial charge in [-0.05, 0) is 42.8 Å². The van der Waals surface area contributed by atoms with Crippen molar-refractivity contribution in [2.45, 2.75) is 13.3 Å². The third-order valence-corrected chi connectivity index (χ3v) is 4.02. The van der Waals surface area contributed by atoms with Crippen molar-refractivity contribution in [1.29, 1.82) is 0 Å². The number of hydrogen-bond donors (Lipinski definition) is 1. The average molecular weight is 260 g/mol. The molecule has 0 bridgehead atoms. The molecular formula is C14H16N2OS. The lowest BCUT2D eigenvalue weighted by atomic mass is 10.2. The van der Waals surface area contributed by atoms with Crippen LogP contribution >= 0.6 is 11.3 Å². The Labute approximate surface area is 111 Å². The predicted molar refractivity (Wildman–Crippen MR) is 77.3 cm³/mol. The molecule has 2 N–H and O–H groups in total. The van der Waals surface area contributed by atoms with Gasteiger partial charge in [0.25, 0.3) is 5.91 Å². The van der Waals surface area contributed by atoms with E-state index in [1.54, 1.807) is 35.4 Å². The van der Waals surface area contributed by atoms with Gasteiger partial charge in [-0.3, -0.25) is 4.79 Å². The van der Waals surface area contributed by atoms with Crippen LogP contribution < -0.4 is 10.6 Å². The minimum atomic E-state index is 0.0180. The van der Waals surface area contributed by atoms with Crippen LogP contribution in [0.1, 0.15) is 21.5 Å². The van der Waals surface area contributed by atoms with Crippen molar-refractivity contribution in [1.82, 2.24) is 0 Å². The zero-order valence-electron chi connectivity index (χ0n) is 10.5. The highest BCUT2D eigenvalue weighted by Crippen LogP contribution is 2.22. The van der Waals surface area contributed by atoms with Crippen LogP contribution in [-0.2, 0) is 6.42 Å². The first-order valence-corrected chi connectivity index (χ1v) is 6.65. The Kier molecular flexibility index (Phi) is 3.67. The van der Waals surface area contributed by atoms with Crippen LogP contribution in [0.3, 0.4) is 0 Å². The molecule has 18 heavy (non-hydrogen) atoms. The number of nitrogens with zero attached hydrogens (tertiary/aromatic N) is 1. The number of aryl methyl sites for hydroxylation is 1. The van der Waals surface area contributed by atoms with Crippen LogP contribution in [-0.4, -0.2) is 13.0 Å². The Morgan fingerprint density at radius 3 is 2.44 bits per heavy atom. The van der Waals surface area contributed by atoms with Gasteiger partial charge >= 0.3 is 0 Å². The molecule has 4 heteroatoms. The van der Waals surface area contributed by atoms with Gasteiger partial charge in [0.1, 0.15) is 0 Å². The summed E-state index contributed by atoms with van der Waals surface area (Å²) in [5.41, 5.74) is 7.18. The van der Waals surface area contributed by atoms with Crippen LogP contribution in [0, 0.1) is 0 Å².